The zero-order valence-corrected chi connectivity index (χ0v) is 15.1. The number of hydrogen-bond acceptors (Lipinski definition) is 3. The maximum atomic E-state index is 13.2. The van der Waals surface area contributed by atoms with Gasteiger partial charge in [-0.2, -0.15) is 0 Å². The van der Waals surface area contributed by atoms with E-state index in [1.165, 1.54) is 25.7 Å². The summed E-state index contributed by atoms with van der Waals surface area (Å²) in [4.78, 5) is 15.6. The summed E-state index contributed by atoms with van der Waals surface area (Å²) in [5.41, 5.74) is 2.48. The first-order valence-corrected chi connectivity index (χ1v) is 9.65. The number of nitrogens with zero attached hydrogens (tertiary/aromatic N) is 1. The summed E-state index contributed by atoms with van der Waals surface area (Å²) in [6, 6.07) is 17.8. The predicted molar refractivity (Wildman–Crippen MR) is 106 cm³/mol. The van der Waals surface area contributed by atoms with E-state index in [0.29, 0.717) is 12.2 Å². The van der Waals surface area contributed by atoms with Crippen LogP contribution in [0.3, 0.4) is 0 Å². The van der Waals surface area contributed by atoms with E-state index in [-0.39, 0.29) is 5.78 Å². The highest BCUT2D eigenvalue weighted by Crippen LogP contribution is 2.34. The second-order valence-corrected chi connectivity index (χ2v) is 7.10. The number of furan rings is 1. The molecule has 2 heterocycles. The summed E-state index contributed by atoms with van der Waals surface area (Å²) in [7, 11) is 0. The van der Waals surface area contributed by atoms with Crippen LogP contribution in [0.2, 0.25) is 0 Å². The number of para-hydroxylation sites is 1. The molecule has 3 aromatic rings. The third-order valence-electron chi connectivity index (χ3n) is 5.26. The summed E-state index contributed by atoms with van der Waals surface area (Å²) in [6.07, 6.45) is 5.67. The molecule has 0 atom stereocenters. The Morgan fingerprint density at radius 1 is 0.885 bits per heavy atom. The Morgan fingerprint density at radius 3 is 2.35 bits per heavy atom. The van der Waals surface area contributed by atoms with Crippen LogP contribution in [-0.4, -0.2) is 30.3 Å². The van der Waals surface area contributed by atoms with Crippen molar-refractivity contribution in [3.8, 4) is 11.3 Å². The molecule has 0 saturated carbocycles. The van der Waals surface area contributed by atoms with Crippen LogP contribution in [0, 0.1) is 0 Å². The van der Waals surface area contributed by atoms with Gasteiger partial charge in [-0.3, -0.25) is 4.79 Å². The molecule has 0 bridgehead atoms. The molecule has 1 fully saturated rings. The Labute approximate surface area is 154 Å². The number of carbonyl (C=O) groups is 1. The molecule has 2 aromatic carbocycles. The molecule has 0 amide bonds. The fourth-order valence-corrected chi connectivity index (χ4v) is 3.86. The normalized spacial score (nSPS) is 15.8. The molecular formula is C23H25NO2. The topological polar surface area (TPSA) is 33.5 Å². The average molecular weight is 347 g/mol. The van der Waals surface area contributed by atoms with Crippen molar-refractivity contribution in [2.45, 2.75) is 32.1 Å². The van der Waals surface area contributed by atoms with Crippen molar-refractivity contribution in [3.63, 3.8) is 0 Å². The van der Waals surface area contributed by atoms with Gasteiger partial charge in [-0.1, -0.05) is 61.4 Å². The van der Waals surface area contributed by atoms with Crippen molar-refractivity contribution in [2.24, 2.45) is 0 Å². The number of likely N-dealkylation sites (tertiary alicyclic amines) is 1. The number of hydrogen-bond donors (Lipinski definition) is 0. The lowest BCUT2D eigenvalue weighted by atomic mass is 10.00. The van der Waals surface area contributed by atoms with Gasteiger partial charge in [-0.05, 0) is 32.0 Å². The second kappa shape index (κ2) is 7.88. The molecule has 1 aliphatic heterocycles. The number of rotatable bonds is 5. The minimum atomic E-state index is 0.179. The van der Waals surface area contributed by atoms with Crippen LogP contribution in [0.1, 0.15) is 42.5 Å². The van der Waals surface area contributed by atoms with Crippen LogP contribution in [0.15, 0.2) is 59.0 Å². The standard InChI is InChI=1S/C23H25NO2/c25-20(14-17-24-15-8-1-2-9-16-24)22-19-12-6-7-13-21(19)26-23(22)18-10-4-3-5-11-18/h3-7,10-13H,1-2,8-9,14-17H2. The zero-order chi connectivity index (χ0) is 17.8. The van der Waals surface area contributed by atoms with Gasteiger partial charge in [0.2, 0.25) is 0 Å². The Balaban J connectivity index is 1.62. The van der Waals surface area contributed by atoms with Gasteiger partial charge in [0.15, 0.2) is 5.78 Å². The maximum Gasteiger partial charge on any atom is 0.168 e. The lowest BCUT2D eigenvalue weighted by Gasteiger charge is -2.19. The quantitative estimate of drug-likeness (QED) is 0.568. The largest absolute Gasteiger partial charge is 0.455 e. The first-order valence-electron chi connectivity index (χ1n) is 9.65. The van der Waals surface area contributed by atoms with Gasteiger partial charge < -0.3 is 9.32 Å². The monoisotopic (exact) mass is 347 g/mol. The van der Waals surface area contributed by atoms with Crippen LogP contribution >= 0.6 is 0 Å². The molecule has 0 radical (unpaired) electrons. The summed E-state index contributed by atoms with van der Waals surface area (Å²) in [6.45, 7) is 3.07. The molecular weight excluding hydrogens is 322 g/mol. The molecule has 3 nitrogen and oxygen atoms in total. The lowest BCUT2D eigenvalue weighted by molar-refractivity contribution is 0.0966. The van der Waals surface area contributed by atoms with Crippen LogP contribution in [0.25, 0.3) is 22.3 Å². The SMILES string of the molecule is O=C(CCN1CCCCCC1)c1c(-c2ccccc2)oc2ccccc12. The number of fused-ring (bicyclic) bond motifs is 1. The van der Waals surface area contributed by atoms with Gasteiger partial charge in [0.1, 0.15) is 11.3 Å². The fraction of sp³-hybridized carbons (Fsp3) is 0.348. The minimum absolute atomic E-state index is 0.179. The van der Waals surface area contributed by atoms with E-state index < -0.39 is 0 Å². The van der Waals surface area contributed by atoms with E-state index in [1.807, 2.05) is 54.6 Å². The Hall–Kier alpha value is -2.39. The third kappa shape index (κ3) is 3.58. The number of ketones is 1. The molecule has 26 heavy (non-hydrogen) atoms. The van der Waals surface area contributed by atoms with Crippen molar-refractivity contribution in [3.05, 3.63) is 60.2 Å². The molecule has 0 N–H and O–H groups in total. The van der Waals surface area contributed by atoms with Crippen molar-refractivity contribution >= 4 is 16.8 Å². The van der Waals surface area contributed by atoms with E-state index in [2.05, 4.69) is 4.90 Å². The molecule has 4 rings (SSSR count). The number of carbonyl (C=O) groups excluding carboxylic acids is 1. The lowest BCUT2D eigenvalue weighted by Crippen LogP contribution is -2.27. The highest BCUT2D eigenvalue weighted by molar-refractivity contribution is 6.12. The highest BCUT2D eigenvalue weighted by Gasteiger charge is 2.22. The molecule has 1 saturated heterocycles. The van der Waals surface area contributed by atoms with E-state index >= 15 is 0 Å². The first-order chi connectivity index (χ1) is 12.8. The van der Waals surface area contributed by atoms with E-state index in [4.69, 9.17) is 4.42 Å². The molecule has 1 aliphatic rings. The summed E-state index contributed by atoms with van der Waals surface area (Å²) >= 11 is 0. The van der Waals surface area contributed by atoms with Gasteiger partial charge in [0.05, 0.1) is 5.56 Å². The second-order valence-electron chi connectivity index (χ2n) is 7.10. The first kappa shape index (κ1) is 17.0. The highest BCUT2D eigenvalue weighted by atomic mass is 16.3. The van der Waals surface area contributed by atoms with Crippen LogP contribution < -0.4 is 0 Å². The fourth-order valence-electron chi connectivity index (χ4n) is 3.86. The average Bonchev–Trinajstić information content (AvgIpc) is 2.88. The molecule has 1 aromatic heterocycles. The van der Waals surface area contributed by atoms with Gasteiger partial charge in [-0.15, -0.1) is 0 Å². The third-order valence-corrected chi connectivity index (χ3v) is 5.26. The van der Waals surface area contributed by atoms with Gasteiger partial charge in [0.25, 0.3) is 0 Å². The van der Waals surface area contributed by atoms with Crippen molar-refractivity contribution < 1.29 is 9.21 Å². The molecule has 0 unspecified atom stereocenters. The van der Waals surface area contributed by atoms with E-state index in [9.17, 15) is 4.79 Å². The van der Waals surface area contributed by atoms with Crippen molar-refractivity contribution in [1.82, 2.24) is 4.90 Å². The molecule has 0 spiro atoms. The minimum Gasteiger partial charge on any atom is -0.455 e. The van der Waals surface area contributed by atoms with Gasteiger partial charge in [-0.25, -0.2) is 0 Å². The van der Waals surface area contributed by atoms with E-state index in [1.54, 1.807) is 0 Å². The maximum absolute atomic E-state index is 13.2. The number of benzene rings is 2. The Kier molecular flexibility index (Phi) is 5.16. The summed E-state index contributed by atoms with van der Waals surface area (Å²) in [5, 5.41) is 0.923. The molecule has 0 aliphatic carbocycles. The van der Waals surface area contributed by atoms with Crippen LogP contribution in [-0.2, 0) is 0 Å². The predicted octanol–water partition coefficient (Wildman–Crippen LogP) is 5.55. The van der Waals surface area contributed by atoms with Crippen molar-refractivity contribution in [2.75, 3.05) is 19.6 Å². The van der Waals surface area contributed by atoms with Crippen LogP contribution in [0.4, 0.5) is 0 Å². The zero-order valence-electron chi connectivity index (χ0n) is 15.1. The van der Waals surface area contributed by atoms with Gasteiger partial charge >= 0.3 is 0 Å². The summed E-state index contributed by atoms with van der Waals surface area (Å²) < 4.78 is 6.08. The Morgan fingerprint density at radius 2 is 1.58 bits per heavy atom. The molecule has 134 valence electrons. The summed E-state index contributed by atoms with van der Waals surface area (Å²) in [5.74, 6) is 0.880. The van der Waals surface area contributed by atoms with Gasteiger partial charge in [0, 0.05) is 23.9 Å². The van der Waals surface area contributed by atoms with Crippen LogP contribution in [0.5, 0.6) is 0 Å². The molecule has 3 heteroatoms. The smallest absolute Gasteiger partial charge is 0.168 e. The number of Topliss-reactive ketones (excluding diaryl/α,β-unsaturated/α-hetero) is 1. The van der Waals surface area contributed by atoms with Crippen molar-refractivity contribution in [1.29, 1.82) is 0 Å². The Bertz CT molecular complexity index is 874. The van der Waals surface area contributed by atoms with E-state index in [0.717, 1.165) is 41.7 Å².